The number of phenolic OH excluding ortho intramolecular Hbond substituents is 1. The van der Waals surface area contributed by atoms with E-state index >= 15 is 0 Å². The summed E-state index contributed by atoms with van der Waals surface area (Å²) in [4.78, 5) is 13.3. The van der Waals surface area contributed by atoms with Crippen LogP contribution in [0.2, 0.25) is 0 Å². The molecule has 110 valence electrons. The summed E-state index contributed by atoms with van der Waals surface area (Å²) in [7, 11) is 0. The third kappa shape index (κ3) is 3.87. The fraction of sp³-hybridized carbons (Fsp3) is 0.533. The highest BCUT2D eigenvalue weighted by Gasteiger charge is 2.23. The molecule has 5 nitrogen and oxygen atoms in total. The van der Waals surface area contributed by atoms with E-state index in [4.69, 9.17) is 4.74 Å². The molecule has 1 aromatic carbocycles. The van der Waals surface area contributed by atoms with Crippen molar-refractivity contribution in [3.8, 4) is 11.5 Å². The van der Waals surface area contributed by atoms with Gasteiger partial charge < -0.3 is 15.2 Å². The molecule has 1 aliphatic rings. The molecule has 1 saturated heterocycles. The van der Waals surface area contributed by atoms with E-state index in [1.165, 1.54) is 0 Å². The molecule has 20 heavy (non-hydrogen) atoms. The highest BCUT2D eigenvalue weighted by atomic mass is 16.5. The van der Waals surface area contributed by atoms with Gasteiger partial charge in [-0.1, -0.05) is 6.07 Å². The zero-order chi connectivity index (χ0) is 14.5. The molecule has 1 heterocycles. The van der Waals surface area contributed by atoms with Crippen LogP contribution in [0.4, 0.5) is 0 Å². The summed E-state index contributed by atoms with van der Waals surface area (Å²) in [5.41, 5.74) is 1.11. The molecular formula is C15H22N2O3. The Morgan fingerprint density at radius 1 is 1.55 bits per heavy atom. The molecule has 0 saturated carbocycles. The topological polar surface area (TPSA) is 61.8 Å². The lowest BCUT2D eigenvalue weighted by Crippen LogP contribution is -2.35. The number of phenols is 1. The van der Waals surface area contributed by atoms with Crippen molar-refractivity contribution in [2.45, 2.75) is 32.9 Å². The lowest BCUT2D eigenvalue weighted by molar-refractivity contribution is -0.119. The quantitative estimate of drug-likeness (QED) is 0.857. The van der Waals surface area contributed by atoms with Gasteiger partial charge in [-0.2, -0.15) is 0 Å². The smallest absolute Gasteiger partial charge is 0.217 e. The van der Waals surface area contributed by atoms with E-state index in [9.17, 15) is 9.90 Å². The van der Waals surface area contributed by atoms with Gasteiger partial charge in [0, 0.05) is 32.6 Å². The first kappa shape index (κ1) is 14.7. The molecule has 0 bridgehead atoms. The van der Waals surface area contributed by atoms with Crippen molar-refractivity contribution < 1.29 is 14.6 Å². The van der Waals surface area contributed by atoms with Crippen LogP contribution in [0.25, 0.3) is 0 Å². The first-order chi connectivity index (χ1) is 9.58. The molecule has 1 unspecified atom stereocenters. The summed E-state index contributed by atoms with van der Waals surface area (Å²) in [6, 6.07) is 5.70. The SMILES string of the molecule is CCOc1cc(CN2CCC(NC(C)=O)C2)ccc1O. The average molecular weight is 278 g/mol. The van der Waals surface area contributed by atoms with Gasteiger partial charge >= 0.3 is 0 Å². The highest BCUT2D eigenvalue weighted by molar-refractivity contribution is 5.73. The zero-order valence-corrected chi connectivity index (χ0v) is 12.1. The third-order valence-corrected chi connectivity index (χ3v) is 3.41. The van der Waals surface area contributed by atoms with Gasteiger partial charge in [-0.05, 0) is 31.0 Å². The summed E-state index contributed by atoms with van der Waals surface area (Å²) >= 11 is 0. The van der Waals surface area contributed by atoms with E-state index in [2.05, 4.69) is 10.2 Å². The molecule has 1 amide bonds. The van der Waals surface area contributed by atoms with E-state index in [-0.39, 0.29) is 17.7 Å². The summed E-state index contributed by atoms with van der Waals surface area (Å²) in [5.74, 6) is 0.732. The fourth-order valence-corrected chi connectivity index (χ4v) is 2.57. The fourth-order valence-electron chi connectivity index (χ4n) is 2.57. The maximum Gasteiger partial charge on any atom is 0.217 e. The van der Waals surface area contributed by atoms with Gasteiger partial charge in [0.2, 0.25) is 5.91 Å². The molecule has 0 radical (unpaired) electrons. The summed E-state index contributed by atoms with van der Waals surface area (Å²) < 4.78 is 5.39. The Hall–Kier alpha value is -1.75. The van der Waals surface area contributed by atoms with Crippen molar-refractivity contribution in [2.24, 2.45) is 0 Å². The summed E-state index contributed by atoms with van der Waals surface area (Å²) in [6.07, 6.45) is 0.982. The van der Waals surface area contributed by atoms with E-state index in [0.717, 1.165) is 31.6 Å². The largest absolute Gasteiger partial charge is 0.504 e. The molecule has 1 atom stereocenters. The number of hydrogen-bond donors (Lipinski definition) is 2. The number of benzene rings is 1. The van der Waals surface area contributed by atoms with Crippen LogP contribution in [0.3, 0.4) is 0 Å². The monoisotopic (exact) mass is 278 g/mol. The molecule has 2 N–H and O–H groups in total. The number of rotatable bonds is 5. The molecule has 0 aliphatic carbocycles. The minimum absolute atomic E-state index is 0.0279. The number of aromatic hydroxyl groups is 1. The number of carbonyl (C=O) groups is 1. The number of ether oxygens (including phenoxy) is 1. The second-order valence-corrected chi connectivity index (χ2v) is 5.16. The van der Waals surface area contributed by atoms with Crippen molar-refractivity contribution in [1.29, 1.82) is 0 Å². The Bertz CT molecular complexity index is 476. The van der Waals surface area contributed by atoms with Gasteiger partial charge in [0.05, 0.1) is 6.61 Å². The first-order valence-electron chi connectivity index (χ1n) is 7.02. The van der Waals surface area contributed by atoms with Crippen molar-refractivity contribution in [2.75, 3.05) is 19.7 Å². The van der Waals surface area contributed by atoms with Gasteiger partial charge in [0.25, 0.3) is 0 Å². The van der Waals surface area contributed by atoms with Crippen LogP contribution in [-0.4, -0.2) is 41.7 Å². The van der Waals surface area contributed by atoms with Crippen LogP contribution in [0.5, 0.6) is 11.5 Å². The predicted octanol–water partition coefficient (Wildman–Crippen LogP) is 1.50. The number of amides is 1. The molecular weight excluding hydrogens is 256 g/mol. The Morgan fingerprint density at radius 3 is 3.05 bits per heavy atom. The van der Waals surface area contributed by atoms with Crippen molar-refractivity contribution >= 4 is 5.91 Å². The van der Waals surface area contributed by atoms with Crippen molar-refractivity contribution in [3.05, 3.63) is 23.8 Å². The second kappa shape index (κ2) is 6.61. The molecule has 0 spiro atoms. The number of nitrogens with one attached hydrogen (secondary N) is 1. The van der Waals surface area contributed by atoms with Crippen molar-refractivity contribution in [1.82, 2.24) is 10.2 Å². The molecule has 1 fully saturated rings. The summed E-state index contributed by atoms with van der Waals surface area (Å²) in [6.45, 7) is 6.61. The van der Waals surface area contributed by atoms with Crippen molar-refractivity contribution in [3.63, 3.8) is 0 Å². The second-order valence-electron chi connectivity index (χ2n) is 5.16. The van der Waals surface area contributed by atoms with Gasteiger partial charge in [-0.15, -0.1) is 0 Å². The molecule has 1 aromatic rings. The molecule has 5 heteroatoms. The molecule has 1 aliphatic heterocycles. The number of hydrogen-bond acceptors (Lipinski definition) is 4. The first-order valence-corrected chi connectivity index (χ1v) is 7.02. The summed E-state index contributed by atoms with van der Waals surface area (Å²) in [5, 5.41) is 12.6. The van der Waals surface area contributed by atoms with Crippen LogP contribution < -0.4 is 10.1 Å². The van der Waals surface area contributed by atoms with Crippen LogP contribution in [-0.2, 0) is 11.3 Å². The number of likely N-dealkylation sites (tertiary alicyclic amines) is 1. The maximum absolute atomic E-state index is 11.0. The predicted molar refractivity (Wildman–Crippen MR) is 76.8 cm³/mol. The van der Waals surface area contributed by atoms with E-state index in [0.29, 0.717) is 12.4 Å². The standard InChI is InChI=1S/C15H22N2O3/c1-3-20-15-8-12(4-5-14(15)19)9-17-7-6-13(10-17)16-11(2)18/h4-5,8,13,19H,3,6-7,9-10H2,1-2H3,(H,16,18). The van der Waals surface area contributed by atoms with Gasteiger partial charge in [-0.25, -0.2) is 0 Å². The maximum atomic E-state index is 11.0. The zero-order valence-electron chi connectivity index (χ0n) is 12.1. The van der Waals surface area contributed by atoms with Crippen LogP contribution in [0.1, 0.15) is 25.8 Å². The van der Waals surface area contributed by atoms with Crippen LogP contribution in [0.15, 0.2) is 18.2 Å². The van der Waals surface area contributed by atoms with Gasteiger partial charge in [-0.3, -0.25) is 9.69 Å². The van der Waals surface area contributed by atoms with E-state index in [1.54, 1.807) is 13.0 Å². The number of nitrogens with zero attached hydrogens (tertiary/aromatic N) is 1. The van der Waals surface area contributed by atoms with Gasteiger partial charge in [0.15, 0.2) is 11.5 Å². The normalized spacial score (nSPS) is 19.0. The Morgan fingerprint density at radius 2 is 2.35 bits per heavy atom. The average Bonchev–Trinajstić information content (AvgIpc) is 2.80. The lowest BCUT2D eigenvalue weighted by Gasteiger charge is -2.17. The van der Waals surface area contributed by atoms with Crippen LogP contribution >= 0.6 is 0 Å². The Balaban J connectivity index is 1.94. The van der Waals surface area contributed by atoms with Crippen LogP contribution in [0, 0.1) is 0 Å². The minimum Gasteiger partial charge on any atom is -0.504 e. The molecule has 0 aromatic heterocycles. The minimum atomic E-state index is 0.0279. The third-order valence-electron chi connectivity index (χ3n) is 3.41. The van der Waals surface area contributed by atoms with E-state index < -0.39 is 0 Å². The van der Waals surface area contributed by atoms with Gasteiger partial charge in [0.1, 0.15) is 0 Å². The Kier molecular flexibility index (Phi) is 4.84. The molecule has 2 rings (SSSR count). The highest BCUT2D eigenvalue weighted by Crippen LogP contribution is 2.27. The lowest BCUT2D eigenvalue weighted by atomic mass is 10.2. The Labute approximate surface area is 119 Å². The van der Waals surface area contributed by atoms with E-state index in [1.807, 2.05) is 19.1 Å². The number of carbonyl (C=O) groups excluding carboxylic acids is 1.